The Labute approximate surface area is 221 Å². The molecule has 1 fully saturated rings. The van der Waals surface area contributed by atoms with E-state index in [1.165, 1.54) is 5.56 Å². The van der Waals surface area contributed by atoms with Crippen LogP contribution in [0, 0.1) is 12.8 Å². The summed E-state index contributed by atoms with van der Waals surface area (Å²) in [5.41, 5.74) is 4.39. The molecule has 198 valence electrons. The van der Waals surface area contributed by atoms with E-state index in [0.717, 1.165) is 86.7 Å². The van der Waals surface area contributed by atoms with Gasteiger partial charge in [-0.3, -0.25) is 9.69 Å². The average Bonchev–Trinajstić information content (AvgIpc) is 3.29. The van der Waals surface area contributed by atoms with Gasteiger partial charge in [0, 0.05) is 18.0 Å². The summed E-state index contributed by atoms with van der Waals surface area (Å²) in [6, 6.07) is 16.4. The van der Waals surface area contributed by atoms with E-state index in [9.17, 15) is 4.79 Å². The summed E-state index contributed by atoms with van der Waals surface area (Å²) in [7, 11) is 0. The third-order valence-electron chi connectivity index (χ3n) is 7.34. The second kappa shape index (κ2) is 12.9. The Morgan fingerprint density at radius 3 is 2.46 bits per heavy atom. The van der Waals surface area contributed by atoms with Crippen molar-refractivity contribution in [3.8, 4) is 17.2 Å². The maximum absolute atomic E-state index is 13.0. The first-order valence-corrected chi connectivity index (χ1v) is 13.8. The minimum Gasteiger partial charge on any atom is -0.494 e. The molecule has 0 radical (unpaired) electrons. The average molecular weight is 504 g/mol. The molecule has 4 rings (SSSR count). The van der Waals surface area contributed by atoms with Crippen molar-refractivity contribution in [3.05, 3.63) is 71.1 Å². The number of nitrogens with one attached hydrogen (secondary N) is 1. The van der Waals surface area contributed by atoms with Crippen LogP contribution in [0.15, 0.2) is 52.9 Å². The first-order chi connectivity index (χ1) is 18.0. The zero-order valence-corrected chi connectivity index (χ0v) is 22.8. The van der Waals surface area contributed by atoms with Crippen molar-refractivity contribution >= 4 is 5.91 Å². The molecule has 2 heterocycles. The number of benzene rings is 2. The number of aromatic nitrogens is 1. The molecule has 1 N–H and O–H groups in total. The Balaban J connectivity index is 1.25. The molecular formula is C31H41N3O3. The molecule has 1 aliphatic rings. The molecule has 0 aliphatic carbocycles. The van der Waals surface area contributed by atoms with Crippen LogP contribution in [-0.2, 0) is 17.8 Å². The molecule has 0 spiro atoms. The molecule has 6 heteroatoms. The van der Waals surface area contributed by atoms with Crippen LogP contribution in [0.1, 0.15) is 75.1 Å². The molecule has 0 saturated carbocycles. The summed E-state index contributed by atoms with van der Waals surface area (Å²) in [4.78, 5) is 20.1. The Morgan fingerprint density at radius 1 is 1.11 bits per heavy atom. The highest BCUT2D eigenvalue weighted by atomic mass is 16.5. The van der Waals surface area contributed by atoms with Crippen molar-refractivity contribution in [1.29, 1.82) is 0 Å². The predicted octanol–water partition coefficient (Wildman–Crippen LogP) is 6.48. The summed E-state index contributed by atoms with van der Waals surface area (Å²) in [6.07, 6.45) is 4.90. The van der Waals surface area contributed by atoms with Gasteiger partial charge in [0.1, 0.15) is 11.5 Å². The lowest BCUT2D eigenvalue weighted by Crippen LogP contribution is -2.41. The molecule has 1 atom stereocenters. The monoisotopic (exact) mass is 503 g/mol. The third kappa shape index (κ3) is 7.22. The van der Waals surface area contributed by atoms with Crippen molar-refractivity contribution < 1.29 is 13.9 Å². The van der Waals surface area contributed by atoms with Crippen LogP contribution in [0.25, 0.3) is 11.5 Å². The van der Waals surface area contributed by atoms with Gasteiger partial charge in [-0.2, -0.15) is 0 Å². The number of nitrogens with zero attached hydrogens (tertiary/aromatic N) is 2. The lowest BCUT2D eigenvalue weighted by atomic mass is 9.95. The molecule has 1 aliphatic heterocycles. The molecule has 37 heavy (non-hydrogen) atoms. The number of likely N-dealkylation sites (tertiary alicyclic amines) is 1. The lowest BCUT2D eigenvalue weighted by molar-refractivity contribution is -0.127. The fourth-order valence-corrected chi connectivity index (χ4v) is 4.75. The van der Waals surface area contributed by atoms with Crippen molar-refractivity contribution in [2.75, 3.05) is 19.7 Å². The number of oxazole rings is 1. The van der Waals surface area contributed by atoms with E-state index in [1.807, 2.05) is 38.1 Å². The van der Waals surface area contributed by atoms with Crippen molar-refractivity contribution in [2.45, 2.75) is 72.4 Å². The summed E-state index contributed by atoms with van der Waals surface area (Å²) in [5.74, 6) is 2.61. The molecule has 6 nitrogen and oxygen atoms in total. The quantitative estimate of drug-likeness (QED) is 0.303. The Morgan fingerprint density at radius 2 is 1.81 bits per heavy atom. The van der Waals surface area contributed by atoms with Gasteiger partial charge in [0.25, 0.3) is 0 Å². The van der Waals surface area contributed by atoms with E-state index in [4.69, 9.17) is 14.1 Å². The number of ether oxygens (including phenoxy) is 1. The van der Waals surface area contributed by atoms with Crippen molar-refractivity contribution in [1.82, 2.24) is 15.2 Å². The fraction of sp³-hybridized carbons (Fsp3) is 0.484. The number of amides is 1. The van der Waals surface area contributed by atoms with Crippen molar-refractivity contribution in [2.24, 2.45) is 5.92 Å². The van der Waals surface area contributed by atoms with Crippen molar-refractivity contribution in [3.63, 3.8) is 0 Å². The number of rotatable bonds is 11. The number of hydrogen-bond acceptors (Lipinski definition) is 5. The maximum atomic E-state index is 13.0. The van der Waals surface area contributed by atoms with E-state index < -0.39 is 0 Å². The topological polar surface area (TPSA) is 67.6 Å². The predicted molar refractivity (Wildman–Crippen MR) is 147 cm³/mol. The minimum absolute atomic E-state index is 0.0298. The number of carbonyl (C=O) groups is 1. The van der Waals surface area contributed by atoms with E-state index >= 15 is 0 Å². The third-order valence-corrected chi connectivity index (χ3v) is 7.34. The molecule has 0 unspecified atom stereocenters. The van der Waals surface area contributed by atoms with Gasteiger partial charge in [-0.25, -0.2) is 4.98 Å². The summed E-state index contributed by atoms with van der Waals surface area (Å²) in [6.45, 7) is 11.6. The molecule has 2 aromatic carbocycles. The SMILES string of the molecule is CCCCOc1ccc([C@@H](C)NC(=O)C2CCN(Cc3nc(-c4ccc(CC)cc4)oc3C)CC2)cc1. The van der Waals surface area contributed by atoms with Gasteiger partial charge in [0.05, 0.1) is 18.3 Å². The molecule has 1 saturated heterocycles. The van der Waals surface area contributed by atoms with Gasteiger partial charge in [0.2, 0.25) is 11.8 Å². The van der Waals surface area contributed by atoms with E-state index in [2.05, 4.69) is 48.3 Å². The summed E-state index contributed by atoms with van der Waals surface area (Å²) < 4.78 is 11.7. The maximum Gasteiger partial charge on any atom is 0.226 e. The zero-order chi connectivity index (χ0) is 26.2. The Hall–Kier alpha value is -3.12. The Kier molecular flexibility index (Phi) is 9.40. The lowest BCUT2D eigenvalue weighted by Gasteiger charge is -2.31. The number of carbonyl (C=O) groups excluding carboxylic acids is 1. The highest BCUT2D eigenvalue weighted by Crippen LogP contribution is 2.26. The van der Waals surface area contributed by atoms with Gasteiger partial charge in [-0.15, -0.1) is 0 Å². The second-order valence-corrected chi connectivity index (χ2v) is 10.1. The van der Waals surface area contributed by atoms with Crippen LogP contribution in [0.5, 0.6) is 5.75 Å². The smallest absolute Gasteiger partial charge is 0.226 e. The highest BCUT2D eigenvalue weighted by molar-refractivity contribution is 5.79. The number of aryl methyl sites for hydroxylation is 2. The fourth-order valence-electron chi connectivity index (χ4n) is 4.75. The number of hydrogen-bond donors (Lipinski definition) is 1. The van der Waals surface area contributed by atoms with Crippen LogP contribution >= 0.6 is 0 Å². The summed E-state index contributed by atoms with van der Waals surface area (Å²) in [5, 5.41) is 3.22. The number of unbranched alkanes of at least 4 members (excludes halogenated alkanes) is 1. The highest BCUT2D eigenvalue weighted by Gasteiger charge is 2.27. The van der Waals surface area contributed by atoms with Crippen LogP contribution in [0.4, 0.5) is 0 Å². The van der Waals surface area contributed by atoms with E-state index in [0.29, 0.717) is 5.89 Å². The van der Waals surface area contributed by atoms with Gasteiger partial charge in [-0.1, -0.05) is 44.5 Å². The van der Waals surface area contributed by atoms with Crippen LogP contribution in [-0.4, -0.2) is 35.5 Å². The molecule has 0 bridgehead atoms. The van der Waals surface area contributed by atoms with Gasteiger partial charge < -0.3 is 14.5 Å². The van der Waals surface area contributed by atoms with E-state index in [-0.39, 0.29) is 17.9 Å². The van der Waals surface area contributed by atoms with Crippen LogP contribution in [0.2, 0.25) is 0 Å². The largest absolute Gasteiger partial charge is 0.494 e. The Bertz CT molecular complexity index is 1130. The summed E-state index contributed by atoms with van der Waals surface area (Å²) >= 11 is 0. The molecule has 3 aromatic rings. The van der Waals surface area contributed by atoms with Gasteiger partial charge >= 0.3 is 0 Å². The minimum atomic E-state index is -0.0298. The molecular weight excluding hydrogens is 462 g/mol. The molecule has 1 amide bonds. The zero-order valence-electron chi connectivity index (χ0n) is 22.8. The van der Waals surface area contributed by atoms with E-state index in [1.54, 1.807) is 0 Å². The molecule has 1 aromatic heterocycles. The van der Waals surface area contributed by atoms with Gasteiger partial charge in [-0.05, 0) is 88.0 Å². The van der Waals surface area contributed by atoms with Crippen LogP contribution in [0.3, 0.4) is 0 Å². The second-order valence-electron chi connectivity index (χ2n) is 10.1. The van der Waals surface area contributed by atoms with Gasteiger partial charge in [0.15, 0.2) is 0 Å². The van der Waals surface area contributed by atoms with Crippen LogP contribution < -0.4 is 10.1 Å². The first-order valence-electron chi connectivity index (χ1n) is 13.8. The normalized spacial score (nSPS) is 15.5. The standard InChI is InChI=1S/C31H41N3O3/c1-5-7-20-36-28-14-12-25(13-15-28)22(3)32-30(35)26-16-18-34(19-17-26)21-29-23(4)37-31(33-29)27-10-8-24(6-2)9-11-27/h8-15,22,26H,5-7,16-21H2,1-4H3,(H,32,35)/t22-/m1/s1. The number of piperidine rings is 1. The first kappa shape index (κ1) is 26.9.